The first-order valence-electron chi connectivity index (χ1n) is 6.05. The van der Waals surface area contributed by atoms with E-state index >= 15 is 0 Å². The molecule has 1 atom stereocenters. The van der Waals surface area contributed by atoms with Crippen LogP contribution >= 0.6 is 0 Å². The van der Waals surface area contributed by atoms with E-state index in [9.17, 15) is 13.2 Å². The smallest absolute Gasteiger partial charge is 0.406 e. The number of nitrogens with zero attached hydrogens (tertiary/aromatic N) is 1. The molecule has 1 aromatic carbocycles. The number of benzene rings is 1. The van der Waals surface area contributed by atoms with E-state index in [0.29, 0.717) is 5.92 Å². The van der Waals surface area contributed by atoms with Crippen LogP contribution < -0.4 is 9.64 Å². The fourth-order valence-electron chi connectivity index (χ4n) is 2.30. The maximum Gasteiger partial charge on any atom is 0.573 e. The first-order valence-corrected chi connectivity index (χ1v) is 6.05. The summed E-state index contributed by atoms with van der Waals surface area (Å²) in [5, 5.41) is 0. The lowest BCUT2D eigenvalue weighted by Gasteiger charge is -2.33. The number of alkyl halides is 3. The van der Waals surface area contributed by atoms with Gasteiger partial charge < -0.3 is 9.64 Å². The molecule has 1 unspecified atom stereocenters. The van der Waals surface area contributed by atoms with Gasteiger partial charge in [0.05, 0.1) is 0 Å². The Kier molecular flexibility index (Phi) is 3.68. The number of hydrogen-bond donors (Lipinski definition) is 0. The van der Waals surface area contributed by atoms with Crippen molar-refractivity contribution in [2.24, 2.45) is 5.92 Å². The third-order valence-corrected chi connectivity index (χ3v) is 3.07. The second-order valence-electron chi connectivity index (χ2n) is 4.74. The van der Waals surface area contributed by atoms with Crippen LogP contribution in [0, 0.1) is 5.92 Å². The van der Waals surface area contributed by atoms with Crippen molar-refractivity contribution < 1.29 is 17.9 Å². The molecule has 1 aliphatic rings. The highest BCUT2D eigenvalue weighted by Crippen LogP contribution is 2.29. The van der Waals surface area contributed by atoms with Crippen LogP contribution in [0.3, 0.4) is 0 Å². The molecule has 0 aliphatic carbocycles. The molecule has 1 aliphatic heterocycles. The topological polar surface area (TPSA) is 12.5 Å². The van der Waals surface area contributed by atoms with Gasteiger partial charge in [0, 0.05) is 24.8 Å². The van der Waals surface area contributed by atoms with E-state index in [-0.39, 0.29) is 5.75 Å². The molecular formula is C13H16F3NO. The molecule has 2 rings (SSSR count). The molecule has 0 radical (unpaired) electrons. The molecule has 0 amide bonds. The normalized spacial score (nSPS) is 20.9. The Hall–Kier alpha value is -1.39. The first kappa shape index (κ1) is 13.1. The van der Waals surface area contributed by atoms with Crippen molar-refractivity contribution in [3.05, 3.63) is 24.3 Å². The molecule has 2 nitrogen and oxygen atoms in total. The maximum atomic E-state index is 12.1. The minimum atomic E-state index is -4.63. The lowest BCUT2D eigenvalue weighted by molar-refractivity contribution is -0.274. The summed E-state index contributed by atoms with van der Waals surface area (Å²) >= 11 is 0. The zero-order valence-electron chi connectivity index (χ0n) is 10.2. The van der Waals surface area contributed by atoms with Gasteiger partial charge in [-0.15, -0.1) is 13.2 Å². The zero-order valence-corrected chi connectivity index (χ0v) is 10.2. The van der Waals surface area contributed by atoms with Gasteiger partial charge in [-0.25, -0.2) is 0 Å². The van der Waals surface area contributed by atoms with Gasteiger partial charge in [-0.1, -0.05) is 13.0 Å². The van der Waals surface area contributed by atoms with Gasteiger partial charge in [-0.3, -0.25) is 0 Å². The average Bonchev–Trinajstić information content (AvgIpc) is 2.27. The Labute approximate surface area is 104 Å². The Morgan fingerprint density at radius 1 is 1.33 bits per heavy atom. The highest BCUT2D eigenvalue weighted by atomic mass is 19.4. The highest BCUT2D eigenvalue weighted by Gasteiger charge is 2.31. The monoisotopic (exact) mass is 259 g/mol. The Bertz CT molecular complexity index is 405. The van der Waals surface area contributed by atoms with Crippen LogP contribution in [0.2, 0.25) is 0 Å². The minimum absolute atomic E-state index is 0.154. The van der Waals surface area contributed by atoms with Crippen LogP contribution in [0.4, 0.5) is 18.9 Å². The van der Waals surface area contributed by atoms with E-state index in [2.05, 4.69) is 16.6 Å². The van der Waals surface area contributed by atoms with Gasteiger partial charge in [-0.05, 0) is 30.9 Å². The standard InChI is InChI=1S/C13H16F3NO/c1-10-4-3-7-17(9-10)11-5-2-6-12(8-11)18-13(14,15)16/h2,5-6,8,10H,3-4,7,9H2,1H3. The first-order chi connectivity index (χ1) is 8.44. The molecule has 0 saturated carbocycles. The van der Waals surface area contributed by atoms with Gasteiger partial charge in [-0.2, -0.15) is 0 Å². The van der Waals surface area contributed by atoms with Crippen LogP contribution in [0.5, 0.6) is 5.75 Å². The molecule has 0 N–H and O–H groups in total. The lowest BCUT2D eigenvalue weighted by atomic mass is 10.00. The fourth-order valence-corrected chi connectivity index (χ4v) is 2.30. The van der Waals surface area contributed by atoms with E-state index in [4.69, 9.17) is 0 Å². The third-order valence-electron chi connectivity index (χ3n) is 3.07. The van der Waals surface area contributed by atoms with Crippen molar-refractivity contribution in [3.8, 4) is 5.75 Å². The number of hydrogen-bond acceptors (Lipinski definition) is 2. The summed E-state index contributed by atoms with van der Waals surface area (Å²) in [6.45, 7) is 3.93. The third kappa shape index (κ3) is 3.55. The zero-order chi connectivity index (χ0) is 13.2. The van der Waals surface area contributed by atoms with Crippen molar-refractivity contribution in [1.29, 1.82) is 0 Å². The Morgan fingerprint density at radius 2 is 2.11 bits per heavy atom. The quantitative estimate of drug-likeness (QED) is 0.800. The number of rotatable bonds is 2. The van der Waals surface area contributed by atoms with E-state index in [0.717, 1.165) is 25.2 Å². The van der Waals surface area contributed by atoms with Crippen LogP contribution in [0.1, 0.15) is 19.8 Å². The van der Waals surface area contributed by atoms with Crippen LogP contribution in [0.25, 0.3) is 0 Å². The Balaban J connectivity index is 2.11. The van der Waals surface area contributed by atoms with Crippen molar-refractivity contribution in [2.75, 3.05) is 18.0 Å². The van der Waals surface area contributed by atoms with Crippen molar-refractivity contribution in [2.45, 2.75) is 26.1 Å². The summed E-state index contributed by atoms with van der Waals surface area (Å²) in [6, 6.07) is 6.19. The maximum absolute atomic E-state index is 12.1. The molecule has 5 heteroatoms. The van der Waals surface area contributed by atoms with E-state index in [1.807, 2.05) is 6.07 Å². The van der Waals surface area contributed by atoms with Gasteiger partial charge in [0.25, 0.3) is 0 Å². The molecule has 1 saturated heterocycles. The second kappa shape index (κ2) is 5.08. The molecule has 18 heavy (non-hydrogen) atoms. The van der Waals surface area contributed by atoms with Crippen LogP contribution in [0.15, 0.2) is 24.3 Å². The van der Waals surface area contributed by atoms with Crippen molar-refractivity contribution in [1.82, 2.24) is 0 Å². The molecule has 0 bridgehead atoms. The molecule has 1 aromatic rings. The minimum Gasteiger partial charge on any atom is -0.406 e. The predicted molar refractivity (Wildman–Crippen MR) is 63.7 cm³/mol. The van der Waals surface area contributed by atoms with Crippen molar-refractivity contribution >= 4 is 5.69 Å². The SMILES string of the molecule is CC1CCCN(c2cccc(OC(F)(F)F)c2)C1. The van der Waals surface area contributed by atoms with Crippen LogP contribution in [-0.2, 0) is 0 Å². The summed E-state index contributed by atoms with van der Waals surface area (Å²) in [5.74, 6) is 0.421. The lowest BCUT2D eigenvalue weighted by Crippen LogP contribution is -2.34. The summed E-state index contributed by atoms with van der Waals surface area (Å²) in [7, 11) is 0. The van der Waals surface area contributed by atoms with E-state index < -0.39 is 6.36 Å². The molecular weight excluding hydrogens is 243 g/mol. The molecule has 0 aromatic heterocycles. The van der Waals surface area contributed by atoms with Crippen LogP contribution in [-0.4, -0.2) is 19.5 Å². The Morgan fingerprint density at radius 3 is 2.78 bits per heavy atom. The molecule has 1 heterocycles. The van der Waals surface area contributed by atoms with E-state index in [1.54, 1.807) is 6.07 Å². The molecule has 0 spiro atoms. The average molecular weight is 259 g/mol. The fraction of sp³-hybridized carbons (Fsp3) is 0.538. The summed E-state index contributed by atoms with van der Waals surface area (Å²) in [6.07, 6.45) is -2.38. The highest BCUT2D eigenvalue weighted by molar-refractivity contribution is 5.51. The predicted octanol–water partition coefficient (Wildman–Crippen LogP) is 3.82. The number of piperidine rings is 1. The summed E-state index contributed by atoms with van der Waals surface area (Å²) < 4.78 is 40.4. The number of halogens is 3. The summed E-state index contributed by atoms with van der Waals surface area (Å²) in [5.41, 5.74) is 0.795. The second-order valence-corrected chi connectivity index (χ2v) is 4.74. The number of ether oxygens (including phenoxy) is 1. The largest absolute Gasteiger partial charge is 0.573 e. The molecule has 1 fully saturated rings. The van der Waals surface area contributed by atoms with Gasteiger partial charge in [0.1, 0.15) is 5.75 Å². The summed E-state index contributed by atoms with van der Waals surface area (Å²) in [4.78, 5) is 2.11. The molecule has 100 valence electrons. The number of anilines is 1. The van der Waals surface area contributed by atoms with Crippen molar-refractivity contribution in [3.63, 3.8) is 0 Å². The van der Waals surface area contributed by atoms with Gasteiger partial charge >= 0.3 is 6.36 Å². The van der Waals surface area contributed by atoms with E-state index in [1.165, 1.54) is 18.6 Å². The van der Waals surface area contributed by atoms with Gasteiger partial charge in [0.2, 0.25) is 0 Å². The van der Waals surface area contributed by atoms with Gasteiger partial charge in [0.15, 0.2) is 0 Å².